The highest BCUT2D eigenvalue weighted by atomic mass is 28.4. The molecule has 0 bridgehead atoms. The predicted octanol–water partition coefficient (Wildman–Crippen LogP) is 9.62. The van der Waals surface area contributed by atoms with Gasteiger partial charge in [0, 0.05) is 12.3 Å². The number of hydrogen-bond acceptors (Lipinski definition) is 5. The molecular weight excluding hydrogens is 630 g/mol. The van der Waals surface area contributed by atoms with Crippen molar-refractivity contribution in [2.45, 2.75) is 134 Å². The maximum Gasteiger partial charge on any atom is 0.416 e. The Morgan fingerprint density at radius 3 is 2.22 bits per heavy atom. The van der Waals surface area contributed by atoms with Crippen LogP contribution in [0.25, 0.3) is 0 Å². The van der Waals surface area contributed by atoms with Crippen LogP contribution in [0.4, 0.5) is 13.2 Å². The summed E-state index contributed by atoms with van der Waals surface area (Å²) in [6.07, 6.45) is 4.62. The number of ether oxygens (including phenoxy) is 1. The molecule has 0 saturated heterocycles. The number of alkyl halides is 3. The van der Waals surface area contributed by atoms with Gasteiger partial charge in [-0.05, 0) is 86.1 Å². The quantitative estimate of drug-likeness (QED) is 0.109. The molecule has 2 rings (SSSR count). The smallest absolute Gasteiger partial charge is 0.416 e. The lowest BCUT2D eigenvalue weighted by Gasteiger charge is -2.40. The van der Waals surface area contributed by atoms with Gasteiger partial charge < -0.3 is 23.8 Å². The molecule has 1 aliphatic carbocycles. The Labute approximate surface area is 276 Å². The summed E-state index contributed by atoms with van der Waals surface area (Å²) in [6.45, 7) is 21.6. The standard InChI is InChI=1S/C35H57F3O6Si2/c1-33(2,3)45(7,8)43-27(24-42-26-17-15-16-25(22-26)35(36,37)38)20-21-28-29(18-13-11-12-14-19-32(40)41)31(23-30(28)39)44-46(9,10)34(4,5)6/h11,13,15-17,20-22,27-31,39H,12,14,18-19,23-24H2,1-10H3,(H,40,41)/t27?,28-,29?,30?,31?/m1/s1. The van der Waals surface area contributed by atoms with E-state index < -0.39 is 46.6 Å². The van der Waals surface area contributed by atoms with Crippen molar-refractivity contribution in [1.82, 2.24) is 0 Å². The third-order valence-electron chi connectivity index (χ3n) is 9.85. The van der Waals surface area contributed by atoms with Crippen LogP contribution in [-0.4, -0.2) is 57.7 Å². The van der Waals surface area contributed by atoms with Gasteiger partial charge in [-0.25, -0.2) is 0 Å². The van der Waals surface area contributed by atoms with Crippen LogP contribution >= 0.6 is 0 Å². The van der Waals surface area contributed by atoms with E-state index in [1.807, 2.05) is 18.2 Å². The number of aliphatic carboxylic acids is 1. The highest BCUT2D eigenvalue weighted by Gasteiger charge is 2.47. The van der Waals surface area contributed by atoms with Crippen molar-refractivity contribution in [1.29, 1.82) is 0 Å². The fraction of sp³-hybridized carbons (Fsp3) is 0.686. The van der Waals surface area contributed by atoms with Crippen LogP contribution in [0.3, 0.4) is 0 Å². The molecule has 46 heavy (non-hydrogen) atoms. The lowest BCUT2D eigenvalue weighted by molar-refractivity contribution is -0.138. The van der Waals surface area contributed by atoms with E-state index >= 15 is 0 Å². The molecule has 1 aromatic carbocycles. The number of aliphatic hydroxyl groups excluding tert-OH is 1. The monoisotopic (exact) mass is 686 g/mol. The topological polar surface area (TPSA) is 85.2 Å². The summed E-state index contributed by atoms with van der Waals surface area (Å²) < 4.78 is 59.4. The first-order chi connectivity index (χ1) is 20.9. The molecular formula is C35H57F3O6Si2. The molecule has 11 heteroatoms. The van der Waals surface area contributed by atoms with E-state index in [0.717, 1.165) is 12.1 Å². The number of carbonyl (C=O) groups is 1. The Morgan fingerprint density at radius 2 is 1.65 bits per heavy atom. The highest BCUT2D eigenvalue weighted by molar-refractivity contribution is 6.74. The van der Waals surface area contributed by atoms with Gasteiger partial charge in [-0.1, -0.05) is 71.9 Å². The molecule has 1 aromatic rings. The fourth-order valence-electron chi connectivity index (χ4n) is 4.99. The summed E-state index contributed by atoms with van der Waals surface area (Å²) in [5.74, 6) is -0.958. The van der Waals surface area contributed by atoms with E-state index in [-0.39, 0.29) is 46.8 Å². The van der Waals surface area contributed by atoms with Crippen LogP contribution in [0.5, 0.6) is 5.75 Å². The minimum atomic E-state index is -4.47. The lowest BCUT2D eigenvalue weighted by atomic mass is 9.89. The van der Waals surface area contributed by atoms with Gasteiger partial charge in [0.2, 0.25) is 0 Å². The van der Waals surface area contributed by atoms with E-state index in [4.69, 9.17) is 18.7 Å². The number of halogens is 3. The number of aliphatic hydroxyl groups is 1. The maximum absolute atomic E-state index is 13.3. The molecule has 0 radical (unpaired) electrons. The van der Waals surface area contributed by atoms with Gasteiger partial charge in [-0.2, -0.15) is 13.2 Å². The molecule has 4 unspecified atom stereocenters. The van der Waals surface area contributed by atoms with Crippen molar-refractivity contribution in [3.05, 3.63) is 54.1 Å². The molecule has 0 amide bonds. The van der Waals surface area contributed by atoms with Crippen LogP contribution < -0.4 is 4.74 Å². The number of hydrogen-bond donors (Lipinski definition) is 2. The first-order valence-electron chi connectivity index (χ1n) is 16.3. The summed E-state index contributed by atoms with van der Waals surface area (Å²) in [5.41, 5.74) is -0.775. The van der Waals surface area contributed by atoms with Gasteiger partial charge >= 0.3 is 12.1 Å². The highest BCUT2D eigenvalue weighted by Crippen LogP contribution is 2.45. The third-order valence-corrected chi connectivity index (χ3v) is 18.9. The Kier molecular flexibility index (Phi) is 14.0. The molecule has 1 aliphatic rings. The summed E-state index contributed by atoms with van der Waals surface area (Å²) in [6, 6.07) is 4.84. The molecule has 2 N–H and O–H groups in total. The fourth-order valence-corrected chi connectivity index (χ4v) is 7.63. The van der Waals surface area contributed by atoms with E-state index in [9.17, 15) is 23.1 Å². The van der Waals surface area contributed by atoms with Gasteiger partial charge in [0.1, 0.15) is 12.4 Å². The van der Waals surface area contributed by atoms with E-state index in [0.29, 0.717) is 25.7 Å². The largest absolute Gasteiger partial charge is 0.491 e. The maximum atomic E-state index is 13.3. The van der Waals surface area contributed by atoms with Gasteiger partial charge in [0.25, 0.3) is 0 Å². The molecule has 0 spiro atoms. The molecule has 0 aromatic heterocycles. The molecule has 0 heterocycles. The summed E-state index contributed by atoms with van der Waals surface area (Å²) >= 11 is 0. The van der Waals surface area contributed by atoms with E-state index in [1.54, 1.807) is 0 Å². The van der Waals surface area contributed by atoms with Gasteiger partial charge in [-0.15, -0.1) is 0 Å². The first kappa shape index (κ1) is 40.2. The minimum Gasteiger partial charge on any atom is -0.491 e. The molecule has 1 fully saturated rings. The zero-order valence-corrected chi connectivity index (χ0v) is 31.4. The van der Waals surface area contributed by atoms with Crippen molar-refractivity contribution in [3.8, 4) is 5.75 Å². The van der Waals surface area contributed by atoms with Crippen LogP contribution in [-0.2, 0) is 19.8 Å². The van der Waals surface area contributed by atoms with Crippen LogP contribution in [0.1, 0.15) is 79.2 Å². The van der Waals surface area contributed by atoms with Gasteiger partial charge in [-0.3, -0.25) is 4.79 Å². The zero-order chi connectivity index (χ0) is 35.1. The molecule has 262 valence electrons. The summed E-state index contributed by atoms with van der Waals surface area (Å²) in [4.78, 5) is 10.9. The molecule has 6 nitrogen and oxygen atoms in total. The molecule has 1 saturated carbocycles. The van der Waals surface area contributed by atoms with Gasteiger partial charge in [0.05, 0.1) is 23.9 Å². The number of unbranched alkanes of at least 4 members (excludes halogenated alkanes) is 1. The average molecular weight is 687 g/mol. The average Bonchev–Trinajstić information content (AvgIpc) is 3.18. The number of allylic oxidation sites excluding steroid dienone is 2. The Bertz CT molecular complexity index is 1180. The summed E-state index contributed by atoms with van der Waals surface area (Å²) in [7, 11) is -4.47. The second kappa shape index (κ2) is 16.0. The number of rotatable bonds is 15. The Morgan fingerprint density at radius 1 is 1.02 bits per heavy atom. The second-order valence-corrected chi connectivity index (χ2v) is 25.1. The SMILES string of the molecule is CC(C)(C)[Si](C)(C)OC(C=C[C@H]1C(O)CC(O[Si](C)(C)C(C)(C)C)C1CC=CCCCC(=O)O)COc1cccc(C(F)(F)F)c1. The second-order valence-electron chi connectivity index (χ2n) is 15.6. The molecule has 0 aliphatic heterocycles. The Hall–Kier alpha value is -1.93. The number of benzene rings is 1. The van der Waals surface area contributed by atoms with Crippen molar-refractivity contribution >= 4 is 22.6 Å². The normalized spacial score (nSPS) is 22.6. The number of carboxylic acid groups (broad SMARTS) is 1. The van der Waals surface area contributed by atoms with Crippen molar-refractivity contribution in [2.24, 2.45) is 11.8 Å². The lowest BCUT2D eigenvalue weighted by Crippen LogP contribution is -2.45. The van der Waals surface area contributed by atoms with Crippen molar-refractivity contribution in [2.75, 3.05) is 6.61 Å². The zero-order valence-electron chi connectivity index (χ0n) is 29.4. The number of carboxylic acids is 1. The minimum absolute atomic E-state index is 0.00798. The first-order valence-corrected chi connectivity index (χ1v) is 22.1. The van der Waals surface area contributed by atoms with Crippen LogP contribution in [0.2, 0.25) is 36.3 Å². The van der Waals surface area contributed by atoms with Crippen molar-refractivity contribution < 1.29 is 41.8 Å². The van der Waals surface area contributed by atoms with Crippen LogP contribution in [0.15, 0.2) is 48.6 Å². The summed E-state index contributed by atoms with van der Waals surface area (Å²) in [5, 5.41) is 20.2. The van der Waals surface area contributed by atoms with E-state index in [1.165, 1.54) is 12.1 Å². The Balaban J connectivity index is 2.37. The predicted molar refractivity (Wildman–Crippen MR) is 183 cm³/mol. The third kappa shape index (κ3) is 11.9. The van der Waals surface area contributed by atoms with E-state index in [2.05, 4.69) is 73.8 Å². The van der Waals surface area contributed by atoms with Crippen molar-refractivity contribution in [3.63, 3.8) is 0 Å². The molecule has 5 atom stereocenters. The van der Waals surface area contributed by atoms with Gasteiger partial charge in [0.15, 0.2) is 16.6 Å². The van der Waals surface area contributed by atoms with Crippen LogP contribution in [0, 0.1) is 11.8 Å².